The van der Waals surface area contributed by atoms with E-state index in [1.165, 1.54) is 36.4 Å². The molecule has 0 fully saturated rings. The van der Waals surface area contributed by atoms with Crippen LogP contribution in [0.1, 0.15) is 10.4 Å². The second kappa shape index (κ2) is 6.51. The molecule has 0 saturated heterocycles. The third-order valence-corrected chi connectivity index (χ3v) is 2.61. The highest BCUT2D eigenvalue weighted by molar-refractivity contribution is 5.95. The molecule has 21 heavy (non-hydrogen) atoms. The van der Waals surface area contributed by atoms with Gasteiger partial charge < -0.3 is 15.8 Å². The van der Waals surface area contributed by atoms with Gasteiger partial charge in [0.1, 0.15) is 5.82 Å². The Balaban J connectivity index is 1.84. The predicted molar refractivity (Wildman–Crippen MR) is 76.2 cm³/mol. The molecule has 0 bridgehead atoms. The molecule has 0 aliphatic heterocycles. The van der Waals surface area contributed by atoms with Crippen molar-refractivity contribution in [3.05, 3.63) is 59.9 Å². The Labute approximate surface area is 120 Å². The van der Waals surface area contributed by atoms with E-state index in [-0.39, 0.29) is 0 Å². The van der Waals surface area contributed by atoms with E-state index < -0.39 is 24.3 Å². The number of esters is 1. The average molecular weight is 288 g/mol. The highest BCUT2D eigenvalue weighted by atomic mass is 19.1. The number of carbonyl (C=O) groups is 2. The topological polar surface area (TPSA) is 81.4 Å². The van der Waals surface area contributed by atoms with Crippen molar-refractivity contribution in [1.29, 1.82) is 0 Å². The van der Waals surface area contributed by atoms with Gasteiger partial charge in [-0.25, -0.2) is 9.18 Å². The summed E-state index contributed by atoms with van der Waals surface area (Å²) in [6.07, 6.45) is 0. The molecule has 0 atom stereocenters. The molecule has 0 saturated carbocycles. The van der Waals surface area contributed by atoms with E-state index in [0.29, 0.717) is 16.9 Å². The van der Waals surface area contributed by atoms with Crippen molar-refractivity contribution in [1.82, 2.24) is 0 Å². The van der Waals surface area contributed by atoms with Gasteiger partial charge in [-0.15, -0.1) is 0 Å². The SMILES string of the molecule is Nc1ccc(C(=O)OCC(=O)Nc2ccc(F)cc2)cc1. The Kier molecular flexibility index (Phi) is 4.50. The quantitative estimate of drug-likeness (QED) is 0.667. The molecule has 0 heterocycles. The molecule has 2 aromatic rings. The minimum atomic E-state index is -0.621. The monoisotopic (exact) mass is 288 g/mol. The molecule has 0 aliphatic rings. The Morgan fingerprint density at radius 1 is 1.05 bits per heavy atom. The van der Waals surface area contributed by atoms with E-state index in [9.17, 15) is 14.0 Å². The third-order valence-electron chi connectivity index (χ3n) is 2.61. The number of anilines is 2. The number of hydrogen-bond donors (Lipinski definition) is 2. The highest BCUT2D eigenvalue weighted by Crippen LogP contribution is 2.09. The summed E-state index contributed by atoms with van der Waals surface area (Å²) in [6.45, 7) is -0.430. The van der Waals surface area contributed by atoms with Crippen LogP contribution in [0.15, 0.2) is 48.5 Å². The summed E-state index contributed by atoms with van der Waals surface area (Å²) in [5, 5.41) is 2.48. The first-order valence-electron chi connectivity index (χ1n) is 6.12. The molecule has 6 heteroatoms. The van der Waals surface area contributed by atoms with Crippen molar-refractivity contribution in [3.8, 4) is 0 Å². The fourth-order valence-electron chi connectivity index (χ4n) is 1.56. The molecule has 0 spiro atoms. The lowest BCUT2D eigenvalue weighted by Gasteiger charge is -2.06. The summed E-state index contributed by atoms with van der Waals surface area (Å²) in [7, 11) is 0. The van der Waals surface area contributed by atoms with Crippen molar-refractivity contribution < 1.29 is 18.7 Å². The average Bonchev–Trinajstić information content (AvgIpc) is 2.48. The normalized spacial score (nSPS) is 9.95. The summed E-state index contributed by atoms with van der Waals surface area (Å²) in [6, 6.07) is 11.4. The van der Waals surface area contributed by atoms with Crippen LogP contribution in [0.3, 0.4) is 0 Å². The summed E-state index contributed by atoms with van der Waals surface area (Å²) < 4.78 is 17.6. The molecule has 2 aromatic carbocycles. The van der Waals surface area contributed by atoms with Gasteiger partial charge in [-0.2, -0.15) is 0 Å². The standard InChI is InChI=1S/C15H13FN2O3/c16-11-3-7-13(8-4-11)18-14(19)9-21-15(20)10-1-5-12(17)6-2-10/h1-8H,9,17H2,(H,18,19). The first kappa shape index (κ1) is 14.5. The predicted octanol–water partition coefficient (Wildman–Crippen LogP) is 2.20. The van der Waals surface area contributed by atoms with Crippen molar-refractivity contribution in [3.63, 3.8) is 0 Å². The Morgan fingerprint density at radius 3 is 2.29 bits per heavy atom. The van der Waals surface area contributed by atoms with Gasteiger partial charge >= 0.3 is 5.97 Å². The lowest BCUT2D eigenvalue weighted by atomic mass is 10.2. The number of hydrogen-bond acceptors (Lipinski definition) is 4. The van der Waals surface area contributed by atoms with Crippen LogP contribution in [0, 0.1) is 5.82 Å². The van der Waals surface area contributed by atoms with Gasteiger partial charge in [0.15, 0.2) is 6.61 Å². The molecular weight excluding hydrogens is 275 g/mol. The molecule has 0 aliphatic carbocycles. The number of nitrogens with two attached hydrogens (primary N) is 1. The number of nitrogen functional groups attached to an aromatic ring is 1. The minimum absolute atomic E-state index is 0.304. The number of amides is 1. The Hall–Kier alpha value is -2.89. The van der Waals surface area contributed by atoms with Crippen LogP contribution < -0.4 is 11.1 Å². The Bertz CT molecular complexity index is 639. The lowest BCUT2D eigenvalue weighted by Crippen LogP contribution is -2.20. The highest BCUT2D eigenvalue weighted by Gasteiger charge is 2.10. The smallest absolute Gasteiger partial charge is 0.338 e. The summed E-state index contributed by atoms with van der Waals surface area (Å²) in [5.41, 5.74) is 6.76. The molecule has 5 nitrogen and oxygen atoms in total. The summed E-state index contributed by atoms with van der Waals surface area (Å²) in [4.78, 5) is 23.3. The zero-order valence-electron chi connectivity index (χ0n) is 11.0. The van der Waals surface area contributed by atoms with Crippen LogP contribution in [0.2, 0.25) is 0 Å². The van der Waals surface area contributed by atoms with E-state index in [2.05, 4.69) is 5.32 Å². The number of halogens is 1. The van der Waals surface area contributed by atoms with Crippen molar-refractivity contribution in [2.75, 3.05) is 17.7 Å². The molecule has 0 aromatic heterocycles. The number of rotatable bonds is 4. The zero-order chi connectivity index (χ0) is 15.2. The van der Waals surface area contributed by atoms with Crippen LogP contribution >= 0.6 is 0 Å². The van der Waals surface area contributed by atoms with Crippen molar-refractivity contribution in [2.45, 2.75) is 0 Å². The van der Waals surface area contributed by atoms with Crippen molar-refractivity contribution in [2.24, 2.45) is 0 Å². The molecule has 3 N–H and O–H groups in total. The number of nitrogens with one attached hydrogen (secondary N) is 1. The van der Waals surface area contributed by atoms with Crippen LogP contribution in [0.5, 0.6) is 0 Å². The fourth-order valence-corrected chi connectivity index (χ4v) is 1.56. The van der Waals surface area contributed by atoms with Gasteiger partial charge in [-0.3, -0.25) is 4.79 Å². The second-order valence-corrected chi connectivity index (χ2v) is 4.25. The number of carbonyl (C=O) groups excluding carboxylic acids is 2. The third kappa shape index (κ3) is 4.31. The van der Waals surface area contributed by atoms with Crippen LogP contribution in [-0.2, 0) is 9.53 Å². The van der Waals surface area contributed by atoms with E-state index in [1.54, 1.807) is 12.1 Å². The number of ether oxygens (including phenoxy) is 1. The maximum Gasteiger partial charge on any atom is 0.338 e. The van der Waals surface area contributed by atoms with Gasteiger partial charge in [0, 0.05) is 11.4 Å². The first-order valence-corrected chi connectivity index (χ1v) is 6.12. The molecule has 108 valence electrons. The lowest BCUT2D eigenvalue weighted by molar-refractivity contribution is -0.119. The maximum atomic E-state index is 12.7. The van der Waals surface area contributed by atoms with Gasteiger partial charge in [-0.1, -0.05) is 0 Å². The maximum absolute atomic E-state index is 12.7. The van der Waals surface area contributed by atoms with Crippen LogP contribution in [0.25, 0.3) is 0 Å². The largest absolute Gasteiger partial charge is 0.452 e. The first-order chi connectivity index (χ1) is 10.0. The van der Waals surface area contributed by atoms with E-state index in [0.717, 1.165) is 0 Å². The second-order valence-electron chi connectivity index (χ2n) is 4.25. The van der Waals surface area contributed by atoms with Gasteiger partial charge in [0.05, 0.1) is 5.56 Å². The van der Waals surface area contributed by atoms with Crippen LogP contribution in [0.4, 0.5) is 15.8 Å². The fraction of sp³-hybridized carbons (Fsp3) is 0.0667. The van der Waals surface area contributed by atoms with Crippen LogP contribution in [-0.4, -0.2) is 18.5 Å². The Morgan fingerprint density at radius 2 is 1.67 bits per heavy atom. The molecular formula is C15H13FN2O3. The van der Waals surface area contributed by atoms with E-state index in [1.807, 2.05) is 0 Å². The number of benzene rings is 2. The van der Waals surface area contributed by atoms with Gasteiger partial charge in [0.2, 0.25) is 0 Å². The molecule has 0 radical (unpaired) electrons. The van der Waals surface area contributed by atoms with E-state index in [4.69, 9.17) is 10.5 Å². The zero-order valence-corrected chi connectivity index (χ0v) is 11.0. The minimum Gasteiger partial charge on any atom is -0.452 e. The molecule has 2 rings (SSSR count). The summed E-state index contributed by atoms with van der Waals surface area (Å²) in [5.74, 6) is -1.53. The molecule has 1 amide bonds. The summed E-state index contributed by atoms with van der Waals surface area (Å²) >= 11 is 0. The molecule has 0 unspecified atom stereocenters. The van der Waals surface area contributed by atoms with E-state index >= 15 is 0 Å². The van der Waals surface area contributed by atoms with Gasteiger partial charge in [-0.05, 0) is 48.5 Å². The van der Waals surface area contributed by atoms with Crippen molar-refractivity contribution >= 4 is 23.3 Å². The van der Waals surface area contributed by atoms with Gasteiger partial charge in [0.25, 0.3) is 5.91 Å².